The van der Waals surface area contributed by atoms with E-state index in [4.69, 9.17) is 14.2 Å². The highest BCUT2D eigenvalue weighted by Crippen LogP contribution is 2.39. The number of carbonyl (C=O) groups excluding carboxylic acids is 1. The van der Waals surface area contributed by atoms with Gasteiger partial charge in [-0.15, -0.1) is 11.3 Å². The Morgan fingerprint density at radius 2 is 1.20 bits per heavy atom. The fourth-order valence-corrected chi connectivity index (χ4v) is 6.33. The van der Waals surface area contributed by atoms with Gasteiger partial charge in [0.2, 0.25) is 0 Å². The van der Waals surface area contributed by atoms with E-state index in [0.717, 1.165) is 55.3 Å². The standard InChI is InChI=1S/C43H39N3O4S/c1-43(2,3)50-42(47)46-25-9-26-49-37-23-19-34(20-24-37)41(33-17-21-36(48-4)22-18-33)40(30-10-6-5-7-11-30)32-15-13-31(14-16-32)39(35(28-44)29-45)38-12-8-27-51-38/h5-8,10-24,27H,9,25-26H2,1-4H3,(H,46,47). The number of carbonyl (C=O) groups is 1. The molecular weight excluding hydrogens is 655 g/mol. The van der Waals surface area contributed by atoms with Crippen molar-refractivity contribution >= 4 is 34.1 Å². The van der Waals surface area contributed by atoms with Gasteiger partial charge in [-0.2, -0.15) is 10.5 Å². The second-order valence-electron chi connectivity index (χ2n) is 12.5. The zero-order chi connectivity index (χ0) is 36.2. The Morgan fingerprint density at radius 3 is 1.69 bits per heavy atom. The molecule has 1 aromatic heterocycles. The van der Waals surface area contributed by atoms with Crippen LogP contribution in [0.1, 0.15) is 59.9 Å². The van der Waals surface area contributed by atoms with E-state index in [1.807, 2.05) is 105 Å². The first kappa shape index (κ1) is 36.2. The van der Waals surface area contributed by atoms with Gasteiger partial charge < -0.3 is 19.5 Å². The summed E-state index contributed by atoms with van der Waals surface area (Å²) in [4.78, 5) is 12.8. The van der Waals surface area contributed by atoms with Crippen molar-refractivity contribution in [2.45, 2.75) is 32.8 Å². The van der Waals surface area contributed by atoms with Gasteiger partial charge in [-0.1, -0.05) is 84.9 Å². The van der Waals surface area contributed by atoms with Crippen LogP contribution in [-0.4, -0.2) is 32.0 Å². The van der Waals surface area contributed by atoms with E-state index in [2.05, 4.69) is 53.9 Å². The second-order valence-corrected chi connectivity index (χ2v) is 13.5. The number of thiophene rings is 1. The maximum absolute atomic E-state index is 11.9. The Labute approximate surface area is 303 Å². The van der Waals surface area contributed by atoms with Crippen molar-refractivity contribution in [3.05, 3.63) is 159 Å². The van der Waals surface area contributed by atoms with Gasteiger partial charge in [-0.25, -0.2) is 4.79 Å². The molecule has 1 heterocycles. The lowest BCUT2D eigenvalue weighted by Crippen LogP contribution is -2.33. The van der Waals surface area contributed by atoms with Gasteiger partial charge in [0.15, 0.2) is 0 Å². The molecule has 256 valence electrons. The summed E-state index contributed by atoms with van der Waals surface area (Å²) in [7, 11) is 1.65. The molecule has 1 N–H and O–H groups in total. The molecular formula is C43H39N3O4S. The highest BCUT2D eigenvalue weighted by Gasteiger charge is 2.19. The van der Waals surface area contributed by atoms with Crippen LogP contribution in [-0.2, 0) is 4.74 Å². The summed E-state index contributed by atoms with van der Waals surface area (Å²) in [6, 6.07) is 42.3. The smallest absolute Gasteiger partial charge is 0.407 e. The number of allylic oxidation sites excluding steroid dienone is 1. The van der Waals surface area contributed by atoms with Crippen LogP contribution in [0.3, 0.4) is 0 Å². The van der Waals surface area contributed by atoms with Crippen molar-refractivity contribution in [1.82, 2.24) is 5.32 Å². The Morgan fingerprint density at radius 1 is 0.686 bits per heavy atom. The van der Waals surface area contributed by atoms with Crippen LogP contribution in [0.25, 0.3) is 16.7 Å². The summed E-state index contributed by atoms with van der Waals surface area (Å²) in [6.45, 7) is 6.36. The lowest BCUT2D eigenvalue weighted by Gasteiger charge is -2.20. The van der Waals surface area contributed by atoms with Crippen molar-refractivity contribution < 1.29 is 19.0 Å². The molecule has 0 aliphatic rings. The minimum atomic E-state index is -0.545. The molecule has 5 aromatic rings. The number of methoxy groups -OCH3 is 1. The number of ether oxygens (including phenoxy) is 3. The number of amides is 1. The SMILES string of the molecule is COc1ccc(C(=C(c2ccccc2)c2ccc(C(=C(C#N)C#N)c3cccs3)cc2)c2ccc(OCCCNC(=O)OC(C)(C)C)cc2)cc1. The molecule has 8 heteroatoms. The Bertz CT molecular complexity index is 2050. The van der Waals surface area contributed by atoms with E-state index in [1.165, 1.54) is 11.3 Å². The summed E-state index contributed by atoms with van der Waals surface area (Å²) in [5, 5.41) is 24.3. The quantitative estimate of drug-likeness (QED) is 0.0793. The van der Waals surface area contributed by atoms with Crippen molar-refractivity contribution in [3.63, 3.8) is 0 Å². The normalized spacial score (nSPS) is 11.3. The Kier molecular flexibility index (Phi) is 12.1. The van der Waals surface area contributed by atoms with Crippen LogP contribution in [0, 0.1) is 22.7 Å². The summed E-state index contributed by atoms with van der Waals surface area (Å²) in [5.41, 5.74) is 6.94. The predicted octanol–water partition coefficient (Wildman–Crippen LogP) is 9.91. The Hall–Kier alpha value is -6.09. The first-order valence-electron chi connectivity index (χ1n) is 16.5. The maximum atomic E-state index is 11.9. The van der Waals surface area contributed by atoms with Crippen molar-refractivity contribution in [3.8, 4) is 23.6 Å². The van der Waals surface area contributed by atoms with E-state index in [0.29, 0.717) is 25.1 Å². The highest BCUT2D eigenvalue weighted by atomic mass is 32.1. The van der Waals surface area contributed by atoms with E-state index >= 15 is 0 Å². The first-order chi connectivity index (χ1) is 24.7. The van der Waals surface area contributed by atoms with E-state index in [9.17, 15) is 15.3 Å². The molecule has 0 saturated carbocycles. The summed E-state index contributed by atoms with van der Waals surface area (Å²) in [5.74, 6) is 1.47. The minimum absolute atomic E-state index is 0.0737. The fraction of sp³-hybridized carbons (Fsp3) is 0.186. The van der Waals surface area contributed by atoms with Gasteiger partial charge in [0, 0.05) is 17.0 Å². The number of nitrogens with one attached hydrogen (secondary N) is 1. The molecule has 4 aromatic carbocycles. The minimum Gasteiger partial charge on any atom is -0.497 e. The average Bonchev–Trinajstić information content (AvgIpc) is 3.67. The third-order valence-corrected chi connectivity index (χ3v) is 8.68. The monoisotopic (exact) mass is 693 g/mol. The molecule has 0 bridgehead atoms. The molecule has 51 heavy (non-hydrogen) atoms. The molecule has 0 aliphatic heterocycles. The van der Waals surface area contributed by atoms with Crippen LogP contribution in [0.15, 0.2) is 126 Å². The van der Waals surface area contributed by atoms with E-state index in [-0.39, 0.29) is 5.57 Å². The molecule has 0 atom stereocenters. The Balaban J connectivity index is 1.53. The molecule has 0 saturated heterocycles. The maximum Gasteiger partial charge on any atom is 0.407 e. The van der Waals surface area contributed by atoms with E-state index < -0.39 is 11.7 Å². The van der Waals surface area contributed by atoms with Crippen molar-refractivity contribution in [1.29, 1.82) is 10.5 Å². The number of alkyl carbamates (subject to hydrolysis) is 1. The second kappa shape index (κ2) is 17.0. The molecule has 0 unspecified atom stereocenters. The lowest BCUT2D eigenvalue weighted by atomic mass is 9.85. The summed E-state index contributed by atoms with van der Waals surface area (Å²) < 4.78 is 16.8. The molecule has 0 fully saturated rings. The van der Waals surface area contributed by atoms with Gasteiger partial charge in [0.05, 0.1) is 13.7 Å². The number of nitriles is 2. The largest absolute Gasteiger partial charge is 0.497 e. The molecule has 0 spiro atoms. The van der Waals surface area contributed by atoms with Crippen molar-refractivity contribution in [2.75, 3.05) is 20.3 Å². The fourth-order valence-electron chi connectivity index (χ4n) is 5.53. The predicted molar refractivity (Wildman–Crippen MR) is 203 cm³/mol. The summed E-state index contributed by atoms with van der Waals surface area (Å²) in [6.07, 6.45) is 0.182. The summed E-state index contributed by atoms with van der Waals surface area (Å²) >= 11 is 1.49. The van der Waals surface area contributed by atoms with Gasteiger partial charge in [0.1, 0.15) is 34.8 Å². The third-order valence-electron chi connectivity index (χ3n) is 7.80. The average molecular weight is 694 g/mol. The molecule has 7 nitrogen and oxygen atoms in total. The zero-order valence-electron chi connectivity index (χ0n) is 29.1. The van der Waals surface area contributed by atoms with Crippen LogP contribution in [0.2, 0.25) is 0 Å². The number of nitrogens with zero attached hydrogens (tertiary/aromatic N) is 2. The van der Waals surface area contributed by atoms with Gasteiger partial charge in [0.25, 0.3) is 0 Å². The van der Waals surface area contributed by atoms with Gasteiger partial charge in [-0.05, 0) is 102 Å². The van der Waals surface area contributed by atoms with E-state index in [1.54, 1.807) is 7.11 Å². The number of hydrogen-bond acceptors (Lipinski definition) is 7. The van der Waals surface area contributed by atoms with Crippen molar-refractivity contribution in [2.24, 2.45) is 0 Å². The van der Waals surface area contributed by atoms with Crippen LogP contribution in [0.4, 0.5) is 4.79 Å². The topological polar surface area (TPSA) is 104 Å². The zero-order valence-corrected chi connectivity index (χ0v) is 29.9. The highest BCUT2D eigenvalue weighted by molar-refractivity contribution is 7.11. The van der Waals surface area contributed by atoms with Gasteiger partial charge >= 0.3 is 6.09 Å². The molecule has 1 amide bonds. The third kappa shape index (κ3) is 9.54. The van der Waals surface area contributed by atoms with Crippen LogP contribution < -0.4 is 14.8 Å². The van der Waals surface area contributed by atoms with Crippen LogP contribution >= 0.6 is 11.3 Å². The number of rotatable bonds is 12. The first-order valence-corrected chi connectivity index (χ1v) is 17.4. The molecule has 0 aliphatic carbocycles. The van der Waals surface area contributed by atoms with Crippen LogP contribution in [0.5, 0.6) is 11.5 Å². The number of benzene rings is 4. The molecule has 0 radical (unpaired) electrons. The number of hydrogen-bond donors (Lipinski definition) is 1. The molecule has 5 rings (SSSR count). The lowest BCUT2D eigenvalue weighted by molar-refractivity contribution is 0.0525. The van der Waals surface area contributed by atoms with Gasteiger partial charge in [-0.3, -0.25) is 0 Å².